The van der Waals surface area contributed by atoms with Gasteiger partial charge in [-0.2, -0.15) is 0 Å². The standard InChI is InChI=1S/C19H19N5O4S/c1-24-12-16(11-17(24)18(20)25)29(27,28)23-15-9-5-8-14(10-15)22-19(26)21-13-6-3-2-4-7-13/h2-12,23H,1H3,(H2,20,25)(H2,21,22,26). The molecule has 0 atom stereocenters. The first-order chi connectivity index (χ1) is 13.7. The molecule has 10 heteroatoms. The minimum atomic E-state index is -3.95. The Labute approximate surface area is 167 Å². The molecular weight excluding hydrogens is 394 g/mol. The summed E-state index contributed by atoms with van der Waals surface area (Å²) in [6.45, 7) is 0. The second-order valence-electron chi connectivity index (χ2n) is 6.17. The fourth-order valence-corrected chi connectivity index (χ4v) is 3.73. The van der Waals surface area contributed by atoms with Crippen molar-refractivity contribution >= 4 is 39.0 Å². The number of carbonyl (C=O) groups is 2. The lowest BCUT2D eigenvalue weighted by Gasteiger charge is -2.10. The van der Waals surface area contributed by atoms with Crippen LogP contribution in [-0.4, -0.2) is 24.9 Å². The van der Waals surface area contributed by atoms with Crippen molar-refractivity contribution in [2.45, 2.75) is 4.90 Å². The highest BCUT2D eigenvalue weighted by molar-refractivity contribution is 7.92. The maximum Gasteiger partial charge on any atom is 0.323 e. The average Bonchev–Trinajstić information content (AvgIpc) is 3.05. The lowest BCUT2D eigenvalue weighted by Crippen LogP contribution is -2.19. The Morgan fingerprint density at radius 3 is 2.17 bits per heavy atom. The van der Waals surface area contributed by atoms with Gasteiger partial charge in [-0.25, -0.2) is 13.2 Å². The van der Waals surface area contributed by atoms with E-state index in [1.165, 1.54) is 36.0 Å². The number of hydrogen-bond donors (Lipinski definition) is 4. The molecule has 0 fully saturated rings. The van der Waals surface area contributed by atoms with Crippen molar-refractivity contribution in [3.05, 3.63) is 72.6 Å². The van der Waals surface area contributed by atoms with Crippen molar-refractivity contribution in [2.75, 3.05) is 15.4 Å². The van der Waals surface area contributed by atoms with Crippen LogP contribution in [0.3, 0.4) is 0 Å². The van der Waals surface area contributed by atoms with E-state index >= 15 is 0 Å². The Balaban J connectivity index is 1.73. The van der Waals surface area contributed by atoms with Crippen LogP contribution in [0.15, 0.2) is 71.8 Å². The molecule has 0 saturated carbocycles. The van der Waals surface area contributed by atoms with Crippen molar-refractivity contribution in [1.29, 1.82) is 0 Å². The first-order valence-electron chi connectivity index (χ1n) is 8.47. The number of anilines is 3. The zero-order chi connectivity index (χ0) is 21.0. The molecule has 0 bridgehead atoms. The zero-order valence-corrected chi connectivity index (χ0v) is 16.2. The molecule has 0 aliphatic heterocycles. The molecule has 5 N–H and O–H groups in total. The van der Waals surface area contributed by atoms with Gasteiger partial charge in [0.1, 0.15) is 10.6 Å². The third-order valence-electron chi connectivity index (χ3n) is 3.95. The number of sulfonamides is 1. The summed E-state index contributed by atoms with van der Waals surface area (Å²) in [6.07, 6.45) is 1.29. The summed E-state index contributed by atoms with van der Waals surface area (Å²) in [4.78, 5) is 23.3. The van der Waals surface area contributed by atoms with Gasteiger partial charge >= 0.3 is 6.03 Å². The number of carbonyl (C=O) groups excluding carboxylic acids is 2. The van der Waals surface area contributed by atoms with Gasteiger partial charge in [-0.15, -0.1) is 0 Å². The van der Waals surface area contributed by atoms with Gasteiger partial charge in [0, 0.05) is 24.6 Å². The van der Waals surface area contributed by atoms with E-state index in [-0.39, 0.29) is 16.3 Å². The summed E-state index contributed by atoms with van der Waals surface area (Å²) in [7, 11) is -2.43. The molecule has 0 saturated heterocycles. The van der Waals surface area contributed by atoms with Crippen LogP contribution in [0, 0.1) is 0 Å². The highest BCUT2D eigenvalue weighted by atomic mass is 32.2. The van der Waals surface area contributed by atoms with Crippen LogP contribution in [0.5, 0.6) is 0 Å². The van der Waals surface area contributed by atoms with E-state index in [9.17, 15) is 18.0 Å². The van der Waals surface area contributed by atoms with Gasteiger partial charge in [0.25, 0.3) is 15.9 Å². The number of aryl methyl sites for hydroxylation is 1. The van der Waals surface area contributed by atoms with E-state index in [4.69, 9.17) is 5.73 Å². The summed E-state index contributed by atoms with van der Waals surface area (Å²) in [6, 6.07) is 15.8. The monoisotopic (exact) mass is 413 g/mol. The average molecular weight is 413 g/mol. The summed E-state index contributed by atoms with van der Waals surface area (Å²) >= 11 is 0. The molecular formula is C19H19N5O4S. The van der Waals surface area contributed by atoms with Gasteiger partial charge in [-0.1, -0.05) is 24.3 Å². The van der Waals surface area contributed by atoms with Gasteiger partial charge < -0.3 is 20.9 Å². The van der Waals surface area contributed by atoms with Crippen molar-refractivity contribution in [3.63, 3.8) is 0 Å². The van der Waals surface area contributed by atoms with Gasteiger partial charge in [0.15, 0.2) is 0 Å². The van der Waals surface area contributed by atoms with E-state index in [1.54, 1.807) is 36.4 Å². The van der Waals surface area contributed by atoms with Crippen LogP contribution in [-0.2, 0) is 17.1 Å². The van der Waals surface area contributed by atoms with E-state index in [0.717, 1.165) is 0 Å². The Bertz CT molecular complexity index is 1160. The summed E-state index contributed by atoms with van der Waals surface area (Å²) in [5.41, 5.74) is 6.55. The maximum absolute atomic E-state index is 12.6. The fraction of sp³-hybridized carbons (Fsp3) is 0.0526. The molecule has 0 aliphatic carbocycles. The topological polar surface area (TPSA) is 135 Å². The number of nitrogens with one attached hydrogen (secondary N) is 3. The van der Waals surface area contributed by atoms with E-state index in [1.807, 2.05) is 6.07 Å². The molecule has 0 spiro atoms. The highest BCUT2D eigenvalue weighted by Gasteiger charge is 2.19. The molecule has 150 valence electrons. The maximum atomic E-state index is 12.6. The molecule has 3 rings (SSSR count). The minimum absolute atomic E-state index is 0.0679. The minimum Gasteiger partial charge on any atom is -0.364 e. The summed E-state index contributed by atoms with van der Waals surface area (Å²) < 4.78 is 28.9. The molecule has 29 heavy (non-hydrogen) atoms. The SMILES string of the molecule is Cn1cc(S(=O)(=O)Nc2cccc(NC(=O)Nc3ccccc3)c2)cc1C(N)=O. The highest BCUT2D eigenvalue weighted by Crippen LogP contribution is 2.21. The Hall–Kier alpha value is -3.79. The third-order valence-corrected chi connectivity index (χ3v) is 5.30. The van der Waals surface area contributed by atoms with E-state index < -0.39 is 22.0 Å². The molecule has 0 radical (unpaired) electrons. The quantitative estimate of drug-likeness (QED) is 0.494. The Morgan fingerprint density at radius 1 is 0.897 bits per heavy atom. The molecule has 3 amide bonds. The van der Waals surface area contributed by atoms with Crippen molar-refractivity contribution in [3.8, 4) is 0 Å². The van der Waals surface area contributed by atoms with Crippen LogP contribution in [0.25, 0.3) is 0 Å². The number of primary amides is 1. The zero-order valence-electron chi connectivity index (χ0n) is 15.4. The Morgan fingerprint density at radius 2 is 1.52 bits per heavy atom. The number of urea groups is 1. The second kappa shape index (κ2) is 8.07. The van der Waals surface area contributed by atoms with Crippen molar-refractivity contribution in [2.24, 2.45) is 12.8 Å². The fourth-order valence-electron chi connectivity index (χ4n) is 2.62. The van der Waals surface area contributed by atoms with Crippen LogP contribution < -0.4 is 21.1 Å². The molecule has 1 aromatic heterocycles. The van der Waals surface area contributed by atoms with E-state index in [2.05, 4.69) is 15.4 Å². The Kier molecular flexibility index (Phi) is 5.55. The molecule has 0 aliphatic rings. The first kappa shape index (κ1) is 20.0. The van der Waals surface area contributed by atoms with Crippen molar-refractivity contribution in [1.82, 2.24) is 4.57 Å². The number of amides is 3. The predicted molar refractivity (Wildman–Crippen MR) is 110 cm³/mol. The van der Waals surface area contributed by atoms with Crippen molar-refractivity contribution < 1.29 is 18.0 Å². The number of rotatable bonds is 6. The predicted octanol–water partition coefficient (Wildman–Crippen LogP) is 2.57. The first-order valence-corrected chi connectivity index (χ1v) is 9.95. The number of para-hydroxylation sites is 1. The normalized spacial score (nSPS) is 10.9. The number of nitrogens with zero attached hydrogens (tertiary/aromatic N) is 1. The molecule has 9 nitrogen and oxygen atoms in total. The molecule has 3 aromatic rings. The van der Waals surface area contributed by atoms with Crippen LogP contribution in [0.2, 0.25) is 0 Å². The van der Waals surface area contributed by atoms with Gasteiger partial charge in [-0.3, -0.25) is 9.52 Å². The summed E-state index contributed by atoms with van der Waals surface area (Å²) in [5, 5.41) is 5.30. The van der Waals surface area contributed by atoms with Crippen LogP contribution >= 0.6 is 0 Å². The van der Waals surface area contributed by atoms with Crippen LogP contribution in [0.4, 0.5) is 21.9 Å². The third kappa shape index (κ3) is 4.93. The lowest BCUT2D eigenvalue weighted by molar-refractivity contribution is 0.0992. The lowest BCUT2D eigenvalue weighted by atomic mass is 10.3. The van der Waals surface area contributed by atoms with Gasteiger partial charge in [0.2, 0.25) is 0 Å². The summed E-state index contributed by atoms with van der Waals surface area (Å²) in [5.74, 6) is -0.732. The smallest absolute Gasteiger partial charge is 0.323 e. The molecule has 0 unspecified atom stereocenters. The number of nitrogens with two attached hydrogens (primary N) is 1. The number of hydrogen-bond acceptors (Lipinski definition) is 4. The second-order valence-corrected chi connectivity index (χ2v) is 7.85. The number of benzene rings is 2. The largest absolute Gasteiger partial charge is 0.364 e. The van der Waals surface area contributed by atoms with Crippen LogP contribution in [0.1, 0.15) is 10.5 Å². The number of aromatic nitrogens is 1. The van der Waals surface area contributed by atoms with Gasteiger partial charge in [-0.05, 0) is 36.4 Å². The van der Waals surface area contributed by atoms with Gasteiger partial charge in [0.05, 0.1) is 5.69 Å². The van der Waals surface area contributed by atoms with E-state index in [0.29, 0.717) is 11.4 Å². The molecule has 2 aromatic carbocycles. The molecule has 1 heterocycles.